The molecular weight excluding hydrogens is 388 g/mol. The number of hydrogen-bond donors (Lipinski definition) is 2. The van der Waals surface area contributed by atoms with E-state index in [9.17, 15) is 9.59 Å². The van der Waals surface area contributed by atoms with Crippen LogP contribution in [0.5, 0.6) is 5.75 Å². The number of hydrogen-bond acceptors (Lipinski definition) is 3. The molecule has 5 heteroatoms. The quantitative estimate of drug-likeness (QED) is 0.502. The molecule has 5 nitrogen and oxygen atoms in total. The third kappa shape index (κ3) is 6.19. The fraction of sp³-hybridized carbons (Fsp3) is 0.231. The van der Waals surface area contributed by atoms with Gasteiger partial charge < -0.3 is 15.4 Å². The van der Waals surface area contributed by atoms with Crippen molar-refractivity contribution in [1.29, 1.82) is 0 Å². The highest BCUT2D eigenvalue weighted by Gasteiger charge is 2.13. The highest BCUT2D eigenvalue weighted by Crippen LogP contribution is 2.18. The monoisotopic (exact) mass is 416 g/mol. The molecule has 2 atom stereocenters. The fourth-order valence-corrected chi connectivity index (χ4v) is 3.05. The average molecular weight is 417 g/mol. The van der Waals surface area contributed by atoms with Crippen molar-refractivity contribution in [3.63, 3.8) is 0 Å². The zero-order valence-electron chi connectivity index (χ0n) is 18.1. The van der Waals surface area contributed by atoms with E-state index in [1.165, 1.54) is 0 Å². The largest absolute Gasteiger partial charge is 0.491 e. The predicted molar refractivity (Wildman–Crippen MR) is 124 cm³/mol. The summed E-state index contributed by atoms with van der Waals surface area (Å²) in [6, 6.07) is 23.6. The van der Waals surface area contributed by atoms with Crippen LogP contribution in [0.1, 0.15) is 59.5 Å². The van der Waals surface area contributed by atoms with Crippen molar-refractivity contribution in [3.8, 4) is 5.75 Å². The Balaban J connectivity index is 1.63. The molecule has 2 N–H and O–H groups in total. The van der Waals surface area contributed by atoms with Crippen LogP contribution in [0.4, 0.5) is 5.69 Å². The van der Waals surface area contributed by atoms with Gasteiger partial charge in [-0.2, -0.15) is 0 Å². The fourth-order valence-electron chi connectivity index (χ4n) is 3.05. The number of rotatable bonds is 8. The molecule has 0 saturated heterocycles. The number of nitrogens with one attached hydrogen (secondary N) is 2. The van der Waals surface area contributed by atoms with Gasteiger partial charge in [-0.15, -0.1) is 0 Å². The molecule has 3 aromatic rings. The lowest BCUT2D eigenvalue weighted by molar-refractivity contribution is 0.0938. The topological polar surface area (TPSA) is 67.4 Å². The van der Waals surface area contributed by atoms with E-state index in [0.29, 0.717) is 16.8 Å². The number of carbonyl (C=O) groups excluding carboxylic acids is 2. The molecule has 0 aliphatic carbocycles. The minimum atomic E-state index is -0.245. The van der Waals surface area contributed by atoms with Crippen LogP contribution in [0.3, 0.4) is 0 Å². The smallest absolute Gasteiger partial charge is 0.255 e. The van der Waals surface area contributed by atoms with Crippen LogP contribution >= 0.6 is 0 Å². The van der Waals surface area contributed by atoms with E-state index >= 15 is 0 Å². The minimum Gasteiger partial charge on any atom is -0.491 e. The van der Waals surface area contributed by atoms with Crippen molar-refractivity contribution in [2.75, 3.05) is 5.32 Å². The van der Waals surface area contributed by atoms with E-state index in [-0.39, 0.29) is 24.0 Å². The van der Waals surface area contributed by atoms with Gasteiger partial charge >= 0.3 is 0 Å². The van der Waals surface area contributed by atoms with E-state index in [1.807, 2.05) is 44.2 Å². The van der Waals surface area contributed by atoms with Gasteiger partial charge in [-0.3, -0.25) is 9.59 Å². The Hall–Kier alpha value is -3.60. The lowest BCUT2D eigenvalue weighted by Gasteiger charge is -2.15. The Morgan fingerprint density at radius 2 is 1.55 bits per heavy atom. The first-order valence-electron chi connectivity index (χ1n) is 10.5. The third-order valence-corrected chi connectivity index (χ3v) is 5.06. The molecule has 0 aliphatic rings. The summed E-state index contributed by atoms with van der Waals surface area (Å²) in [5, 5.41) is 5.84. The summed E-state index contributed by atoms with van der Waals surface area (Å²) in [6.07, 6.45) is 1.04. The molecule has 0 aromatic heterocycles. The minimum absolute atomic E-state index is 0.122. The Labute approximate surface area is 183 Å². The van der Waals surface area contributed by atoms with Crippen molar-refractivity contribution in [3.05, 3.63) is 95.6 Å². The molecular formula is C26H28N2O3. The molecule has 2 amide bonds. The Kier molecular flexibility index (Phi) is 7.44. The maximum absolute atomic E-state index is 12.6. The molecule has 0 saturated carbocycles. The third-order valence-electron chi connectivity index (χ3n) is 5.06. The van der Waals surface area contributed by atoms with Gasteiger partial charge in [0.2, 0.25) is 0 Å². The lowest BCUT2D eigenvalue weighted by atomic mass is 10.1. The summed E-state index contributed by atoms with van der Waals surface area (Å²) in [6.45, 7) is 6.00. The van der Waals surface area contributed by atoms with Gasteiger partial charge in [-0.05, 0) is 68.3 Å². The van der Waals surface area contributed by atoms with Gasteiger partial charge in [0.1, 0.15) is 5.75 Å². The van der Waals surface area contributed by atoms with Crippen LogP contribution in [-0.2, 0) is 0 Å². The normalized spacial score (nSPS) is 12.5. The van der Waals surface area contributed by atoms with Gasteiger partial charge in [-0.1, -0.05) is 43.3 Å². The molecule has 2 unspecified atom stereocenters. The second kappa shape index (κ2) is 10.4. The Morgan fingerprint density at radius 1 is 0.839 bits per heavy atom. The number of ether oxygens (including phenoxy) is 1. The van der Waals surface area contributed by atoms with Crippen molar-refractivity contribution < 1.29 is 14.3 Å². The first kappa shape index (κ1) is 22.1. The van der Waals surface area contributed by atoms with Crippen LogP contribution in [0.15, 0.2) is 78.9 Å². The van der Waals surface area contributed by atoms with Crippen molar-refractivity contribution in [1.82, 2.24) is 5.32 Å². The van der Waals surface area contributed by atoms with Crippen LogP contribution < -0.4 is 15.4 Å². The van der Waals surface area contributed by atoms with E-state index in [1.54, 1.807) is 48.5 Å². The molecule has 3 rings (SSSR count). The summed E-state index contributed by atoms with van der Waals surface area (Å²) >= 11 is 0. The Bertz CT molecular complexity index is 1020. The summed E-state index contributed by atoms with van der Waals surface area (Å²) in [4.78, 5) is 25.2. The second-order valence-corrected chi connectivity index (χ2v) is 7.50. The number of anilines is 1. The van der Waals surface area contributed by atoms with Gasteiger partial charge in [0.15, 0.2) is 0 Å². The first-order valence-corrected chi connectivity index (χ1v) is 10.5. The number of carbonyl (C=O) groups is 2. The van der Waals surface area contributed by atoms with Crippen LogP contribution in [0, 0.1) is 0 Å². The van der Waals surface area contributed by atoms with E-state index in [4.69, 9.17) is 4.74 Å². The van der Waals surface area contributed by atoms with E-state index in [2.05, 4.69) is 17.6 Å². The number of amides is 2. The van der Waals surface area contributed by atoms with E-state index in [0.717, 1.165) is 17.7 Å². The molecule has 3 aromatic carbocycles. The highest BCUT2D eigenvalue weighted by atomic mass is 16.5. The number of benzene rings is 3. The van der Waals surface area contributed by atoms with Crippen LogP contribution in [0.2, 0.25) is 0 Å². The van der Waals surface area contributed by atoms with Crippen molar-refractivity contribution in [2.24, 2.45) is 0 Å². The van der Waals surface area contributed by atoms with Crippen LogP contribution in [-0.4, -0.2) is 17.9 Å². The maximum Gasteiger partial charge on any atom is 0.255 e. The predicted octanol–water partition coefficient (Wildman–Crippen LogP) is 5.61. The second-order valence-electron chi connectivity index (χ2n) is 7.50. The zero-order chi connectivity index (χ0) is 22.2. The molecule has 31 heavy (non-hydrogen) atoms. The molecule has 0 bridgehead atoms. The van der Waals surface area contributed by atoms with Gasteiger partial charge in [0, 0.05) is 16.8 Å². The molecule has 0 fully saturated rings. The lowest BCUT2D eigenvalue weighted by Crippen LogP contribution is -2.26. The van der Waals surface area contributed by atoms with Crippen molar-refractivity contribution in [2.45, 2.75) is 39.3 Å². The maximum atomic E-state index is 12.6. The average Bonchev–Trinajstić information content (AvgIpc) is 2.80. The summed E-state index contributed by atoms with van der Waals surface area (Å²) in [5.41, 5.74) is 2.59. The van der Waals surface area contributed by atoms with Gasteiger partial charge in [0.25, 0.3) is 11.8 Å². The molecule has 0 aliphatic heterocycles. The molecule has 0 radical (unpaired) electrons. The molecule has 0 heterocycles. The zero-order valence-corrected chi connectivity index (χ0v) is 18.1. The standard InChI is InChI=1S/C26H28N2O3/c1-4-18(2)31-24-15-13-21(14-16-24)25(29)28-23-12-8-11-22(17-23)26(30)27-19(3)20-9-6-5-7-10-20/h5-19H,4H2,1-3H3,(H,27,30)(H,28,29). The molecule has 0 spiro atoms. The van der Waals surface area contributed by atoms with Gasteiger partial charge in [-0.25, -0.2) is 0 Å². The molecule has 160 valence electrons. The van der Waals surface area contributed by atoms with Crippen molar-refractivity contribution >= 4 is 17.5 Å². The summed E-state index contributed by atoms with van der Waals surface area (Å²) in [7, 11) is 0. The van der Waals surface area contributed by atoms with Crippen LogP contribution in [0.25, 0.3) is 0 Å². The SMILES string of the molecule is CCC(C)Oc1ccc(C(=O)Nc2cccc(C(=O)NC(C)c3ccccc3)c2)cc1. The summed E-state index contributed by atoms with van der Waals surface area (Å²) < 4.78 is 5.75. The first-order chi connectivity index (χ1) is 15.0. The Morgan fingerprint density at radius 3 is 2.23 bits per heavy atom. The van der Waals surface area contributed by atoms with E-state index < -0.39 is 0 Å². The van der Waals surface area contributed by atoms with Gasteiger partial charge in [0.05, 0.1) is 12.1 Å². The summed E-state index contributed by atoms with van der Waals surface area (Å²) in [5.74, 6) is 0.293. The highest BCUT2D eigenvalue weighted by molar-refractivity contribution is 6.05.